The van der Waals surface area contributed by atoms with Crippen LogP contribution in [-0.2, 0) is 9.47 Å². The SMILES string of the molecule is COc1ccc2cc(C(=O)C(N3CCOCC3)N3CCOCC3)ccc2c1. The number of carbonyl (C=O) groups is 1. The Labute approximate surface area is 159 Å². The number of carbonyl (C=O) groups excluding carboxylic acids is 1. The van der Waals surface area contributed by atoms with Crippen LogP contribution in [0.25, 0.3) is 10.8 Å². The zero-order chi connectivity index (χ0) is 18.6. The number of rotatable bonds is 5. The van der Waals surface area contributed by atoms with Gasteiger partial charge in [0.25, 0.3) is 0 Å². The first kappa shape index (κ1) is 18.4. The van der Waals surface area contributed by atoms with E-state index in [0.29, 0.717) is 26.4 Å². The lowest BCUT2D eigenvalue weighted by atomic mass is 10.0. The van der Waals surface area contributed by atoms with E-state index in [1.807, 2.05) is 36.4 Å². The van der Waals surface area contributed by atoms with Crippen molar-refractivity contribution in [2.45, 2.75) is 6.17 Å². The summed E-state index contributed by atoms with van der Waals surface area (Å²) in [5.74, 6) is 0.970. The fraction of sp³-hybridized carbons (Fsp3) is 0.476. The van der Waals surface area contributed by atoms with Gasteiger partial charge >= 0.3 is 0 Å². The van der Waals surface area contributed by atoms with Crippen LogP contribution >= 0.6 is 0 Å². The highest BCUT2D eigenvalue weighted by atomic mass is 16.5. The second kappa shape index (κ2) is 8.35. The maximum Gasteiger partial charge on any atom is 0.194 e. The van der Waals surface area contributed by atoms with Crippen molar-refractivity contribution >= 4 is 16.6 Å². The van der Waals surface area contributed by atoms with Gasteiger partial charge in [-0.15, -0.1) is 0 Å². The maximum atomic E-state index is 13.5. The molecule has 0 radical (unpaired) electrons. The smallest absolute Gasteiger partial charge is 0.194 e. The van der Waals surface area contributed by atoms with E-state index in [-0.39, 0.29) is 11.9 Å². The molecule has 2 aliphatic heterocycles. The Balaban J connectivity index is 1.64. The molecule has 0 bridgehead atoms. The number of methoxy groups -OCH3 is 1. The zero-order valence-electron chi connectivity index (χ0n) is 15.7. The van der Waals surface area contributed by atoms with Crippen LogP contribution in [0.2, 0.25) is 0 Å². The molecule has 0 N–H and O–H groups in total. The van der Waals surface area contributed by atoms with E-state index in [9.17, 15) is 4.79 Å². The quantitative estimate of drug-likeness (QED) is 0.751. The summed E-state index contributed by atoms with van der Waals surface area (Å²) in [6.07, 6.45) is -0.256. The highest BCUT2D eigenvalue weighted by Crippen LogP contribution is 2.24. The second-order valence-electron chi connectivity index (χ2n) is 6.96. The Morgan fingerprint density at radius 2 is 1.44 bits per heavy atom. The number of morpholine rings is 2. The van der Waals surface area contributed by atoms with E-state index in [1.165, 1.54) is 0 Å². The first-order valence-corrected chi connectivity index (χ1v) is 9.52. The third kappa shape index (κ3) is 3.99. The number of hydrogen-bond acceptors (Lipinski definition) is 6. The predicted molar refractivity (Wildman–Crippen MR) is 103 cm³/mol. The minimum Gasteiger partial charge on any atom is -0.497 e. The molecule has 0 amide bonds. The van der Waals surface area contributed by atoms with Gasteiger partial charge in [-0.3, -0.25) is 14.6 Å². The largest absolute Gasteiger partial charge is 0.497 e. The van der Waals surface area contributed by atoms with E-state index in [2.05, 4.69) is 9.80 Å². The molecule has 6 heteroatoms. The summed E-state index contributed by atoms with van der Waals surface area (Å²) in [4.78, 5) is 18.0. The molecule has 6 nitrogen and oxygen atoms in total. The number of Topliss-reactive ketones (excluding diaryl/α,β-unsaturated/α-hetero) is 1. The van der Waals surface area contributed by atoms with Gasteiger partial charge in [0, 0.05) is 31.7 Å². The fourth-order valence-corrected chi connectivity index (χ4v) is 3.86. The van der Waals surface area contributed by atoms with Crippen molar-refractivity contribution in [1.82, 2.24) is 9.80 Å². The molecular formula is C21H26N2O4. The van der Waals surface area contributed by atoms with Gasteiger partial charge < -0.3 is 14.2 Å². The normalized spacial score (nSPS) is 19.5. The summed E-state index contributed by atoms with van der Waals surface area (Å²) >= 11 is 0. The molecule has 2 heterocycles. The molecule has 2 aromatic rings. The third-order valence-corrected chi connectivity index (χ3v) is 5.35. The van der Waals surface area contributed by atoms with Crippen molar-refractivity contribution < 1.29 is 19.0 Å². The van der Waals surface area contributed by atoms with Crippen LogP contribution in [0.15, 0.2) is 36.4 Å². The van der Waals surface area contributed by atoms with Gasteiger partial charge in [0.2, 0.25) is 0 Å². The monoisotopic (exact) mass is 370 g/mol. The van der Waals surface area contributed by atoms with E-state index >= 15 is 0 Å². The number of hydrogen-bond donors (Lipinski definition) is 0. The lowest BCUT2D eigenvalue weighted by molar-refractivity contribution is -0.0537. The van der Waals surface area contributed by atoms with Gasteiger partial charge in [0.05, 0.1) is 33.5 Å². The summed E-state index contributed by atoms with van der Waals surface area (Å²) in [6.45, 7) is 5.79. The van der Waals surface area contributed by atoms with E-state index < -0.39 is 0 Å². The van der Waals surface area contributed by atoms with Crippen LogP contribution in [0.4, 0.5) is 0 Å². The number of nitrogens with zero attached hydrogens (tertiary/aromatic N) is 2. The van der Waals surface area contributed by atoms with Gasteiger partial charge in [-0.05, 0) is 29.0 Å². The number of benzene rings is 2. The summed E-state index contributed by atoms with van der Waals surface area (Å²) < 4.78 is 16.3. The van der Waals surface area contributed by atoms with Crippen LogP contribution in [0.3, 0.4) is 0 Å². The van der Waals surface area contributed by atoms with E-state index in [0.717, 1.165) is 48.3 Å². The molecule has 0 aliphatic carbocycles. The van der Waals surface area contributed by atoms with E-state index in [1.54, 1.807) is 7.11 Å². The standard InChI is InChI=1S/C21H26N2O4/c1-25-19-5-4-16-14-18(3-2-17(16)15-19)20(24)21(22-6-10-26-11-7-22)23-8-12-27-13-9-23/h2-5,14-15,21H,6-13H2,1H3. The Morgan fingerprint density at radius 3 is 2.04 bits per heavy atom. The van der Waals surface area contributed by atoms with Crippen molar-refractivity contribution in [2.75, 3.05) is 59.7 Å². The highest BCUT2D eigenvalue weighted by Gasteiger charge is 2.34. The molecule has 27 heavy (non-hydrogen) atoms. The molecular weight excluding hydrogens is 344 g/mol. The van der Waals surface area contributed by atoms with Crippen molar-refractivity contribution in [3.63, 3.8) is 0 Å². The van der Waals surface area contributed by atoms with Crippen molar-refractivity contribution in [1.29, 1.82) is 0 Å². The number of ketones is 1. The van der Waals surface area contributed by atoms with Gasteiger partial charge in [-0.2, -0.15) is 0 Å². The van der Waals surface area contributed by atoms with Crippen LogP contribution < -0.4 is 4.74 Å². The molecule has 4 rings (SSSR count). The van der Waals surface area contributed by atoms with Crippen LogP contribution in [0, 0.1) is 0 Å². The first-order valence-electron chi connectivity index (χ1n) is 9.52. The van der Waals surface area contributed by atoms with Gasteiger partial charge in [-0.25, -0.2) is 0 Å². The minimum atomic E-state index is -0.256. The minimum absolute atomic E-state index is 0.150. The number of fused-ring (bicyclic) bond motifs is 1. The van der Waals surface area contributed by atoms with Crippen molar-refractivity contribution in [2.24, 2.45) is 0 Å². The molecule has 0 atom stereocenters. The third-order valence-electron chi connectivity index (χ3n) is 5.35. The summed E-state index contributed by atoms with van der Waals surface area (Å²) in [7, 11) is 1.66. The van der Waals surface area contributed by atoms with Gasteiger partial charge in [0.1, 0.15) is 11.9 Å². The Hall–Kier alpha value is -1.99. The van der Waals surface area contributed by atoms with Crippen LogP contribution in [-0.4, -0.2) is 81.5 Å². The molecule has 2 saturated heterocycles. The second-order valence-corrected chi connectivity index (χ2v) is 6.96. The van der Waals surface area contributed by atoms with Crippen LogP contribution in [0.1, 0.15) is 10.4 Å². The highest BCUT2D eigenvalue weighted by molar-refractivity contribution is 6.03. The van der Waals surface area contributed by atoms with E-state index in [4.69, 9.17) is 14.2 Å². The van der Waals surface area contributed by atoms with Gasteiger partial charge in [-0.1, -0.05) is 18.2 Å². The Kier molecular flexibility index (Phi) is 5.69. The maximum absolute atomic E-state index is 13.5. The molecule has 0 spiro atoms. The van der Waals surface area contributed by atoms with Crippen LogP contribution in [0.5, 0.6) is 5.75 Å². The topological polar surface area (TPSA) is 51.2 Å². The summed E-state index contributed by atoms with van der Waals surface area (Å²) in [6, 6.07) is 11.8. The molecule has 144 valence electrons. The van der Waals surface area contributed by atoms with Gasteiger partial charge in [0.15, 0.2) is 5.78 Å². The average Bonchev–Trinajstić information content (AvgIpc) is 2.74. The number of ether oxygens (including phenoxy) is 3. The zero-order valence-corrected chi connectivity index (χ0v) is 15.7. The molecule has 2 aromatic carbocycles. The predicted octanol–water partition coefficient (Wildman–Crippen LogP) is 2.02. The molecule has 2 aliphatic rings. The Bertz CT molecular complexity index is 780. The van der Waals surface area contributed by atoms with Crippen molar-refractivity contribution in [3.8, 4) is 5.75 Å². The molecule has 2 fully saturated rings. The fourth-order valence-electron chi connectivity index (χ4n) is 3.86. The average molecular weight is 370 g/mol. The molecule has 0 saturated carbocycles. The molecule has 0 unspecified atom stereocenters. The summed E-state index contributed by atoms with van der Waals surface area (Å²) in [5.41, 5.74) is 0.746. The molecule has 0 aromatic heterocycles. The lowest BCUT2D eigenvalue weighted by Gasteiger charge is -2.41. The Morgan fingerprint density at radius 1 is 0.889 bits per heavy atom. The van der Waals surface area contributed by atoms with Crippen molar-refractivity contribution in [3.05, 3.63) is 42.0 Å². The summed E-state index contributed by atoms with van der Waals surface area (Å²) in [5, 5.41) is 2.12. The first-order chi connectivity index (χ1) is 13.3. The lowest BCUT2D eigenvalue weighted by Crippen LogP contribution is -2.58.